The summed E-state index contributed by atoms with van der Waals surface area (Å²) >= 11 is 0. The largest absolute Gasteiger partial charge is 4.00 e. The van der Waals surface area contributed by atoms with Crippen LogP contribution in [0.4, 0.5) is 0 Å². The van der Waals surface area contributed by atoms with Crippen LogP contribution in [-0.4, -0.2) is 7.11 Å². The molecule has 12 aromatic carbocycles. The van der Waals surface area contributed by atoms with Gasteiger partial charge < -0.3 is 17.5 Å². The van der Waals surface area contributed by atoms with E-state index in [9.17, 15) is 0 Å². The van der Waals surface area contributed by atoms with Crippen LogP contribution < -0.4 is 17.5 Å². The Balaban J connectivity index is 0.000000211. The first kappa shape index (κ1) is 55.3. The van der Waals surface area contributed by atoms with Crippen LogP contribution in [0.1, 0.15) is 22.3 Å². The summed E-state index contributed by atoms with van der Waals surface area (Å²) in [6.07, 6.45) is 4.33. The van der Waals surface area contributed by atoms with Crippen molar-refractivity contribution in [3.63, 3.8) is 0 Å². The van der Waals surface area contributed by atoms with E-state index < -0.39 is 0 Å². The molecule has 12 aromatic rings. The van der Waals surface area contributed by atoms with Gasteiger partial charge in [-0.15, -0.1) is 202 Å². The predicted molar refractivity (Wildman–Crippen MR) is 275 cm³/mol. The molecule has 12 rings (SSSR count). The van der Waals surface area contributed by atoms with Gasteiger partial charge in [0.25, 0.3) is 0 Å². The zero-order chi connectivity index (χ0) is 44.3. The molecule has 0 unspecified atom stereocenters. The smallest absolute Gasteiger partial charge is 1.00 e. The van der Waals surface area contributed by atoms with Crippen LogP contribution in [0.2, 0.25) is 0 Å². The summed E-state index contributed by atoms with van der Waals surface area (Å²) in [6, 6.07) is 100. The fraction of sp³-hybridized carbons (Fsp3) is 0.0159. The predicted octanol–water partition coefficient (Wildman–Crippen LogP) is 12.8. The van der Waals surface area contributed by atoms with E-state index in [2.05, 4.69) is 280 Å². The summed E-state index contributed by atoms with van der Waals surface area (Å²) in [6.45, 7) is 0. The van der Waals surface area contributed by atoms with Crippen molar-refractivity contribution in [2.75, 3.05) is 7.11 Å². The van der Waals surface area contributed by atoms with E-state index in [0.29, 0.717) is 0 Å². The second kappa shape index (κ2) is 32.6. The third kappa shape index (κ3) is 19.4. The molecule has 67 heavy (non-hydrogen) atoms. The standard InChI is InChI=1S/2C13H11.4C9H7.CH3O.ClH.2Zr/c2*1-3-7-12(8-4-1)11-13-9-5-2-6-10-13;4*1-2-5-9-7-3-6-8(9)4-1;1-2;;;/h2*1-11H;4*1-7H;1H3;1H;;/q7*-1;;2*+4/p-1. The summed E-state index contributed by atoms with van der Waals surface area (Å²) in [5, 5.41) is 18.9. The average Bonchev–Trinajstić information content (AvgIpc) is 4.23. The molecule has 0 N–H and O–H groups in total. The van der Waals surface area contributed by atoms with Gasteiger partial charge in [0.1, 0.15) is 0 Å². The Hall–Kier alpha value is -6.04. The van der Waals surface area contributed by atoms with Crippen LogP contribution in [0.5, 0.6) is 0 Å². The SMILES string of the molecule is C[O-].[Cl-].[Zr+4].[Zr+4].c1ccc([CH-]c2ccccc2)cc1.c1ccc([CH-]c2ccccc2)cc1.c1ccc2[cH-]ccc2c1.c1ccc2[cH-]ccc2c1.c1ccc2[cH-]ccc2c1.c1ccc2[cH-]ccc2c1. The average molecular weight is 1040 g/mol. The Morgan fingerprint density at radius 3 is 0.627 bits per heavy atom. The maximum Gasteiger partial charge on any atom is 4.00 e. The summed E-state index contributed by atoms with van der Waals surface area (Å²) in [5.74, 6) is 0. The minimum atomic E-state index is 0. The Morgan fingerprint density at radius 2 is 0.433 bits per heavy atom. The second-order valence-corrected chi connectivity index (χ2v) is 14.6. The van der Waals surface area contributed by atoms with E-state index in [0.717, 1.165) is 7.11 Å². The van der Waals surface area contributed by atoms with Gasteiger partial charge in [0.05, 0.1) is 0 Å². The summed E-state index contributed by atoms with van der Waals surface area (Å²) in [5.41, 5.74) is 4.98. The Labute approximate surface area is 442 Å². The number of halogens is 1. The number of hydrogen-bond acceptors (Lipinski definition) is 1. The van der Waals surface area contributed by atoms with E-state index in [4.69, 9.17) is 5.11 Å². The molecule has 0 aliphatic rings. The quantitative estimate of drug-likeness (QED) is 0.161. The molecule has 0 aliphatic carbocycles. The van der Waals surface area contributed by atoms with Gasteiger partial charge in [-0.3, -0.25) is 0 Å². The molecule has 0 aromatic heterocycles. The van der Waals surface area contributed by atoms with Gasteiger partial charge in [-0.2, -0.15) is 77.2 Å². The molecule has 4 heteroatoms. The maximum absolute atomic E-state index is 8.25. The van der Waals surface area contributed by atoms with Crippen LogP contribution in [0.25, 0.3) is 43.1 Å². The van der Waals surface area contributed by atoms with Crippen molar-refractivity contribution in [3.8, 4) is 0 Å². The topological polar surface area (TPSA) is 23.1 Å². The second-order valence-electron chi connectivity index (χ2n) is 14.6. The number of hydrogen-bond donors (Lipinski definition) is 0. The van der Waals surface area contributed by atoms with E-state index in [-0.39, 0.29) is 64.8 Å². The van der Waals surface area contributed by atoms with Crippen LogP contribution in [0, 0.1) is 12.8 Å². The van der Waals surface area contributed by atoms with E-state index >= 15 is 0 Å². The van der Waals surface area contributed by atoms with Crippen LogP contribution in [0.15, 0.2) is 291 Å². The van der Waals surface area contributed by atoms with Gasteiger partial charge in [-0.25, -0.2) is 0 Å². The molecule has 0 atom stereocenters. The molecule has 0 fully saturated rings. The van der Waals surface area contributed by atoms with Crippen molar-refractivity contribution in [2.24, 2.45) is 0 Å². The summed E-state index contributed by atoms with van der Waals surface area (Å²) in [4.78, 5) is 0. The summed E-state index contributed by atoms with van der Waals surface area (Å²) in [7, 11) is 0.750. The minimum absolute atomic E-state index is 0. The first-order valence-electron chi connectivity index (χ1n) is 21.5. The molecule has 0 aliphatic heterocycles. The van der Waals surface area contributed by atoms with Crippen molar-refractivity contribution in [1.29, 1.82) is 0 Å². The van der Waals surface area contributed by atoms with Crippen LogP contribution >= 0.6 is 0 Å². The molecule has 0 saturated heterocycles. The monoisotopic (exact) mass is 1040 g/mol. The first-order chi connectivity index (χ1) is 31.8. The molecule has 0 amide bonds. The third-order valence-corrected chi connectivity index (χ3v) is 10.1. The number of rotatable bonds is 4. The first-order valence-corrected chi connectivity index (χ1v) is 21.5. The molecule has 326 valence electrons. The van der Waals surface area contributed by atoms with Gasteiger partial charge in [0.15, 0.2) is 0 Å². The molecule has 1 nitrogen and oxygen atoms in total. The van der Waals surface area contributed by atoms with Gasteiger partial charge in [-0.05, 0) is 0 Å². The van der Waals surface area contributed by atoms with Gasteiger partial charge in [-0.1, -0.05) is 97.1 Å². The fourth-order valence-corrected chi connectivity index (χ4v) is 6.86. The Bertz CT molecular complexity index is 2480. The van der Waals surface area contributed by atoms with Gasteiger partial charge in [0, 0.05) is 0 Å². The molecule has 0 bridgehead atoms. The number of benzene rings is 8. The zero-order valence-corrected chi connectivity index (χ0v) is 43.3. The maximum atomic E-state index is 8.25. The minimum Gasteiger partial charge on any atom is -1.00 e. The zero-order valence-electron chi connectivity index (χ0n) is 37.7. The van der Waals surface area contributed by atoms with Crippen molar-refractivity contribution in [3.05, 3.63) is 326 Å². The normalized spacial score (nSPS) is 9.28. The Morgan fingerprint density at radius 1 is 0.254 bits per heavy atom. The summed E-state index contributed by atoms with van der Waals surface area (Å²) < 4.78 is 0. The van der Waals surface area contributed by atoms with E-state index in [1.54, 1.807) is 0 Å². The third-order valence-electron chi connectivity index (χ3n) is 10.1. The van der Waals surface area contributed by atoms with Crippen LogP contribution in [-0.2, 0) is 52.4 Å². The van der Waals surface area contributed by atoms with Crippen molar-refractivity contribution < 1.29 is 69.9 Å². The molecule has 0 heterocycles. The molecular formula is C63H53ClOZr2. The van der Waals surface area contributed by atoms with Gasteiger partial charge in [0.2, 0.25) is 0 Å². The fourth-order valence-electron chi connectivity index (χ4n) is 6.86. The van der Waals surface area contributed by atoms with E-state index in [1.165, 1.54) is 65.3 Å². The molecule has 0 spiro atoms. The van der Waals surface area contributed by atoms with Crippen molar-refractivity contribution >= 4 is 43.1 Å². The van der Waals surface area contributed by atoms with E-state index in [1.807, 2.05) is 24.3 Å². The number of fused-ring (bicyclic) bond motifs is 4. The van der Waals surface area contributed by atoms with Gasteiger partial charge >= 0.3 is 52.4 Å². The van der Waals surface area contributed by atoms with Crippen LogP contribution in [0.3, 0.4) is 0 Å². The molecule has 0 saturated carbocycles. The molecule has 0 radical (unpaired) electrons. The van der Waals surface area contributed by atoms with Crippen molar-refractivity contribution in [1.82, 2.24) is 0 Å². The van der Waals surface area contributed by atoms with Crippen molar-refractivity contribution in [2.45, 2.75) is 0 Å². The molecular weight excluding hydrogens is 991 g/mol. The Kier molecular flexibility index (Phi) is 26.9.